The number of ether oxygens (including phenoxy) is 6. The SMILES string of the molecule is C[C@H]1CN(Cc2ccc(N3CCOCC3)cc2OC(F)(F)F)CCN1C(=O)OC(C)(C)C.C[C@H]1CNCCN1C(=O)OC(C)(C)C.O=Cc1ccc(N2CCOCC2)cc1OC(F)(F)F. The van der Waals surface area contributed by atoms with Gasteiger partial charge in [0.2, 0.25) is 0 Å². The summed E-state index contributed by atoms with van der Waals surface area (Å²) in [5, 5.41) is 3.23. The first-order valence-electron chi connectivity index (χ1n) is 21.6. The van der Waals surface area contributed by atoms with Crippen molar-refractivity contribution in [2.75, 3.05) is 102 Å². The van der Waals surface area contributed by atoms with Crippen LogP contribution in [0.2, 0.25) is 0 Å². The predicted molar refractivity (Wildman–Crippen MR) is 231 cm³/mol. The van der Waals surface area contributed by atoms with Crippen molar-refractivity contribution >= 4 is 29.8 Å². The van der Waals surface area contributed by atoms with Crippen LogP contribution < -0.4 is 24.6 Å². The maximum atomic E-state index is 13.1. The van der Waals surface area contributed by atoms with Crippen LogP contribution in [0.3, 0.4) is 0 Å². The number of morpholine rings is 2. The van der Waals surface area contributed by atoms with Gasteiger partial charge in [0.25, 0.3) is 0 Å². The first-order valence-corrected chi connectivity index (χ1v) is 21.6. The van der Waals surface area contributed by atoms with E-state index in [0.717, 1.165) is 19.6 Å². The van der Waals surface area contributed by atoms with Gasteiger partial charge in [0, 0.05) is 113 Å². The number of nitrogens with zero attached hydrogens (tertiary/aromatic N) is 5. The van der Waals surface area contributed by atoms with Crippen molar-refractivity contribution in [1.82, 2.24) is 20.0 Å². The zero-order chi connectivity index (χ0) is 48.2. The molecule has 4 aliphatic heterocycles. The van der Waals surface area contributed by atoms with Gasteiger partial charge in [-0.3, -0.25) is 9.69 Å². The minimum Gasteiger partial charge on any atom is -0.444 e. The number of hydrogen-bond donors (Lipinski definition) is 1. The standard InChI is InChI=1S/C22H32F3N3O4.C12H12F3NO3.C10H20N2O2/c1-16-14-26(7-8-28(16)20(29)32-21(2,3)4)15-17-5-6-18(27-9-11-30-12-10-27)13-19(17)31-22(23,24)25;13-12(14,15)19-11-7-10(2-1-9(11)8-17)16-3-5-18-6-4-16;1-8-7-11-5-6-12(8)9(13)14-10(2,3)4/h5-6,13,16H,7-12,14-15H2,1-4H3;1-2,7-8H,3-6H2;8,11H,5-7H2,1-4H3/t16-;;8-/m0.0/s1. The Hall–Kier alpha value is -4.73. The summed E-state index contributed by atoms with van der Waals surface area (Å²) in [5.41, 5.74) is 0.598. The highest BCUT2D eigenvalue weighted by Gasteiger charge is 2.35. The number of aldehydes is 1. The molecule has 21 heteroatoms. The molecule has 65 heavy (non-hydrogen) atoms. The fraction of sp³-hybridized carbons (Fsp3) is 0.659. The number of benzene rings is 2. The molecule has 2 aromatic rings. The Labute approximate surface area is 377 Å². The summed E-state index contributed by atoms with van der Waals surface area (Å²) >= 11 is 0. The smallest absolute Gasteiger partial charge is 0.444 e. The maximum absolute atomic E-state index is 13.1. The number of piperazine rings is 2. The molecule has 2 aromatic carbocycles. The van der Waals surface area contributed by atoms with E-state index in [1.807, 2.05) is 76.2 Å². The summed E-state index contributed by atoms with van der Waals surface area (Å²) in [5.74, 6) is -0.671. The molecule has 4 heterocycles. The molecule has 4 aliphatic rings. The number of nitrogens with one attached hydrogen (secondary N) is 1. The highest BCUT2D eigenvalue weighted by atomic mass is 19.4. The Morgan fingerprint density at radius 2 is 1.15 bits per heavy atom. The first kappa shape index (κ1) is 52.9. The molecule has 1 N–H and O–H groups in total. The molecule has 15 nitrogen and oxygen atoms in total. The third-order valence-electron chi connectivity index (χ3n) is 10.2. The van der Waals surface area contributed by atoms with Crippen molar-refractivity contribution in [3.05, 3.63) is 47.5 Å². The average molecular weight is 935 g/mol. The predicted octanol–water partition coefficient (Wildman–Crippen LogP) is 7.31. The van der Waals surface area contributed by atoms with Crippen LogP contribution in [-0.2, 0) is 25.5 Å². The highest BCUT2D eigenvalue weighted by Crippen LogP contribution is 2.33. The van der Waals surface area contributed by atoms with Gasteiger partial charge < -0.3 is 53.3 Å². The first-order chi connectivity index (χ1) is 30.3. The molecule has 4 saturated heterocycles. The van der Waals surface area contributed by atoms with Crippen molar-refractivity contribution in [2.24, 2.45) is 0 Å². The van der Waals surface area contributed by atoms with Gasteiger partial charge in [-0.05, 0) is 73.6 Å². The lowest BCUT2D eigenvalue weighted by Crippen LogP contribution is -2.54. The number of hydrogen-bond acceptors (Lipinski definition) is 13. The van der Waals surface area contributed by atoms with E-state index in [4.69, 9.17) is 18.9 Å². The number of amides is 2. The van der Waals surface area contributed by atoms with Crippen molar-refractivity contribution in [1.29, 1.82) is 0 Å². The molecule has 2 atom stereocenters. The number of anilines is 2. The molecule has 4 fully saturated rings. The second-order valence-electron chi connectivity index (χ2n) is 17.9. The van der Waals surface area contributed by atoms with Gasteiger partial charge in [-0.15, -0.1) is 26.3 Å². The summed E-state index contributed by atoms with van der Waals surface area (Å²) < 4.78 is 106. The summed E-state index contributed by atoms with van der Waals surface area (Å²) in [6.45, 7) is 23.8. The van der Waals surface area contributed by atoms with Gasteiger partial charge in [0.05, 0.1) is 32.0 Å². The van der Waals surface area contributed by atoms with Gasteiger partial charge in [0.15, 0.2) is 6.29 Å². The fourth-order valence-electron chi connectivity index (χ4n) is 7.21. The molecule has 2 amide bonds. The van der Waals surface area contributed by atoms with Crippen molar-refractivity contribution in [3.63, 3.8) is 0 Å². The minimum atomic E-state index is -4.82. The van der Waals surface area contributed by atoms with Crippen LogP contribution in [0.25, 0.3) is 0 Å². The van der Waals surface area contributed by atoms with Gasteiger partial charge in [0.1, 0.15) is 22.7 Å². The third-order valence-corrected chi connectivity index (χ3v) is 10.2. The molecule has 0 spiro atoms. The van der Waals surface area contributed by atoms with E-state index in [0.29, 0.717) is 102 Å². The van der Waals surface area contributed by atoms with Crippen LogP contribution in [0.5, 0.6) is 11.5 Å². The average Bonchev–Trinajstić information content (AvgIpc) is 3.20. The Morgan fingerprint density at radius 3 is 1.62 bits per heavy atom. The summed E-state index contributed by atoms with van der Waals surface area (Å²) in [6.07, 6.45) is -9.83. The zero-order valence-corrected chi connectivity index (χ0v) is 38.5. The van der Waals surface area contributed by atoms with Crippen LogP contribution in [0.4, 0.5) is 47.3 Å². The van der Waals surface area contributed by atoms with Gasteiger partial charge >= 0.3 is 24.9 Å². The molecule has 6 rings (SSSR count). The number of carbonyl (C=O) groups excluding carboxylic acids is 3. The van der Waals surface area contributed by atoms with Crippen LogP contribution in [0.1, 0.15) is 71.3 Å². The van der Waals surface area contributed by atoms with E-state index in [1.54, 1.807) is 21.9 Å². The zero-order valence-electron chi connectivity index (χ0n) is 38.5. The van der Waals surface area contributed by atoms with E-state index in [-0.39, 0.29) is 35.6 Å². The van der Waals surface area contributed by atoms with Crippen LogP contribution in [-0.4, -0.2) is 161 Å². The highest BCUT2D eigenvalue weighted by molar-refractivity contribution is 5.81. The Morgan fingerprint density at radius 1 is 0.677 bits per heavy atom. The number of alkyl halides is 6. The molecule has 0 unspecified atom stereocenters. The topological polar surface area (TPSA) is 135 Å². The quantitative estimate of drug-likeness (QED) is 0.220. The lowest BCUT2D eigenvalue weighted by atomic mass is 10.1. The van der Waals surface area contributed by atoms with E-state index in [2.05, 4.69) is 14.8 Å². The van der Waals surface area contributed by atoms with Gasteiger partial charge in [-0.25, -0.2) is 9.59 Å². The molecule has 0 saturated carbocycles. The van der Waals surface area contributed by atoms with Gasteiger partial charge in [-0.1, -0.05) is 6.07 Å². The van der Waals surface area contributed by atoms with Crippen molar-refractivity contribution in [2.45, 2.75) is 97.9 Å². The molecule has 0 aliphatic carbocycles. The Kier molecular flexibility index (Phi) is 18.8. The fourth-order valence-corrected chi connectivity index (χ4v) is 7.21. The number of rotatable bonds is 7. The van der Waals surface area contributed by atoms with E-state index >= 15 is 0 Å². The molecular formula is C44H64F6N6O9. The van der Waals surface area contributed by atoms with Crippen LogP contribution >= 0.6 is 0 Å². The number of carbonyl (C=O) groups is 3. The summed E-state index contributed by atoms with van der Waals surface area (Å²) in [6, 6.07) is 9.20. The second kappa shape index (κ2) is 23.1. The third kappa shape index (κ3) is 18.2. The summed E-state index contributed by atoms with van der Waals surface area (Å²) in [4.78, 5) is 44.2. The van der Waals surface area contributed by atoms with E-state index < -0.39 is 29.7 Å². The molecule has 0 radical (unpaired) electrons. The lowest BCUT2D eigenvalue weighted by molar-refractivity contribution is -0.275. The van der Waals surface area contributed by atoms with Crippen LogP contribution in [0.15, 0.2) is 36.4 Å². The van der Waals surface area contributed by atoms with Crippen molar-refractivity contribution < 1.29 is 69.1 Å². The molecule has 0 aromatic heterocycles. The Bertz CT molecular complexity index is 1850. The van der Waals surface area contributed by atoms with Gasteiger partial charge in [-0.2, -0.15) is 0 Å². The molecule has 366 valence electrons. The Balaban J connectivity index is 0.000000237. The van der Waals surface area contributed by atoms with Crippen molar-refractivity contribution in [3.8, 4) is 11.5 Å². The summed E-state index contributed by atoms with van der Waals surface area (Å²) in [7, 11) is 0. The lowest BCUT2D eigenvalue weighted by Gasteiger charge is -2.40. The van der Waals surface area contributed by atoms with E-state index in [9.17, 15) is 40.7 Å². The minimum absolute atomic E-state index is 0.127. The largest absolute Gasteiger partial charge is 0.573 e. The van der Waals surface area contributed by atoms with Crippen LogP contribution in [0, 0.1) is 0 Å². The van der Waals surface area contributed by atoms with E-state index in [1.165, 1.54) is 18.2 Å². The number of halogens is 6. The monoisotopic (exact) mass is 934 g/mol. The molecular weight excluding hydrogens is 871 g/mol. The normalized spacial score (nSPS) is 20.1. The maximum Gasteiger partial charge on any atom is 0.573 e. The second-order valence-corrected chi connectivity index (χ2v) is 17.9. The molecule has 0 bridgehead atoms.